The lowest BCUT2D eigenvalue weighted by atomic mass is 10.2. The maximum Gasteiger partial charge on any atom is 0.120 e. The molecule has 0 bridgehead atoms. The molecule has 2 heteroatoms. The maximum absolute atomic E-state index is 5.68. The summed E-state index contributed by atoms with van der Waals surface area (Å²) in [6.45, 7) is 10.7. The number of hydrogen-bond donors (Lipinski definition) is 1. The molecule has 0 amide bonds. The van der Waals surface area contributed by atoms with E-state index in [-0.39, 0.29) is 6.10 Å². The summed E-state index contributed by atoms with van der Waals surface area (Å²) in [5, 5.41) is 3.43. The van der Waals surface area contributed by atoms with Crippen LogP contribution in [0.3, 0.4) is 0 Å². The second kappa shape index (κ2) is 8.76. The molecule has 0 radical (unpaired) electrons. The zero-order chi connectivity index (χ0) is 14.1. The second-order valence-electron chi connectivity index (χ2n) is 5.53. The zero-order valence-electron chi connectivity index (χ0n) is 12.6. The van der Waals surface area contributed by atoms with Gasteiger partial charge in [0.25, 0.3) is 0 Å². The minimum absolute atomic E-state index is 0.222. The molecule has 1 rings (SSSR count). The summed E-state index contributed by atoms with van der Waals surface area (Å²) in [6.07, 6.45) is 5.65. The molecule has 0 fully saturated rings. The van der Waals surface area contributed by atoms with Crippen LogP contribution in [0.15, 0.2) is 30.3 Å². The first kappa shape index (κ1) is 15.8. The molecule has 1 aromatic carbocycles. The van der Waals surface area contributed by atoms with Crippen molar-refractivity contribution in [3.8, 4) is 5.75 Å². The van der Waals surface area contributed by atoms with E-state index in [9.17, 15) is 0 Å². The van der Waals surface area contributed by atoms with Crippen LogP contribution in [0.1, 0.15) is 39.7 Å². The lowest BCUT2D eigenvalue weighted by molar-refractivity contribution is 0.242. The Labute approximate surface area is 117 Å². The Kier molecular flexibility index (Phi) is 7.27. The average Bonchev–Trinajstić information content (AvgIpc) is 2.33. The Balaban J connectivity index is 2.35. The maximum atomic E-state index is 5.68. The van der Waals surface area contributed by atoms with Gasteiger partial charge in [-0.2, -0.15) is 0 Å². The van der Waals surface area contributed by atoms with Crippen LogP contribution in [0.2, 0.25) is 0 Å². The van der Waals surface area contributed by atoms with Gasteiger partial charge in [0.1, 0.15) is 5.75 Å². The average molecular weight is 261 g/mol. The molecule has 0 heterocycles. The first-order valence-electron chi connectivity index (χ1n) is 7.22. The third-order valence-corrected chi connectivity index (χ3v) is 2.58. The zero-order valence-corrected chi connectivity index (χ0v) is 12.6. The van der Waals surface area contributed by atoms with Crippen LogP contribution in [0, 0.1) is 5.92 Å². The Morgan fingerprint density at radius 3 is 2.68 bits per heavy atom. The molecule has 0 aliphatic heterocycles. The van der Waals surface area contributed by atoms with Crippen LogP contribution in [-0.4, -0.2) is 19.2 Å². The van der Waals surface area contributed by atoms with E-state index in [1.54, 1.807) is 0 Å². The van der Waals surface area contributed by atoms with Crippen molar-refractivity contribution in [2.45, 2.75) is 40.2 Å². The summed E-state index contributed by atoms with van der Waals surface area (Å²) in [6, 6.07) is 8.22. The highest BCUT2D eigenvalue weighted by molar-refractivity contribution is 5.51. The summed E-state index contributed by atoms with van der Waals surface area (Å²) < 4.78 is 5.68. The molecule has 0 saturated carbocycles. The van der Waals surface area contributed by atoms with Crippen LogP contribution in [0.5, 0.6) is 5.75 Å². The van der Waals surface area contributed by atoms with E-state index in [1.807, 2.05) is 26.0 Å². The molecule has 1 N–H and O–H groups in total. The van der Waals surface area contributed by atoms with E-state index < -0.39 is 0 Å². The van der Waals surface area contributed by atoms with Crippen LogP contribution in [0.25, 0.3) is 6.08 Å². The van der Waals surface area contributed by atoms with Crippen LogP contribution < -0.4 is 10.1 Å². The first-order valence-corrected chi connectivity index (χ1v) is 7.22. The highest BCUT2D eigenvalue weighted by Gasteiger charge is 1.97. The third-order valence-electron chi connectivity index (χ3n) is 2.58. The van der Waals surface area contributed by atoms with Crippen LogP contribution in [0.4, 0.5) is 0 Å². The van der Waals surface area contributed by atoms with Crippen molar-refractivity contribution in [1.82, 2.24) is 5.32 Å². The van der Waals surface area contributed by atoms with Crippen molar-refractivity contribution in [3.63, 3.8) is 0 Å². The largest absolute Gasteiger partial charge is 0.491 e. The number of nitrogens with one attached hydrogen (secondary N) is 1. The van der Waals surface area contributed by atoms with Gasteiger partial charge in [-0.1, -0.05) is 38.1 Å². The predicted molar refractivity (Wildman–Crippen MR) is 83.6 cm³/mol. The van der Waals surface area contributed by atoms with Crippen LogP contribution >= 0.6 is 0 Å². The molecule has 19 heavy (non-hydrogen) atoms. The Morgan fingerprint density at radius 2 is 2.00 bits per heavy atom. The number of rotatable bonds is 8. The Bertz CT molecular complexity index is 383. The van der Waals surface area contributed by atoms with Gasteiger partial charge in [-0.25, -0.2) is 0 Å². The van der Waals surface area contributed by atoms with Crippen molar-refractivity contribution < 1.29 is 4.74 Å². The van der Waals surface area contributed by atoms with E-state index in [2.05, 4.69) is 43.4 Å². The normalized spacial score (nSPS) is 11.7. The van der Waals surface area contributed by atoms with Gasteiger partial charge in [0.15, 0.2) is 0 Å². The van der Waals surface area contributed by atoms with Gasteiger partial charge in [-0.3, -0.25) is 0 Å². The van der Waals surface area contributed by atoms with E-state index >= 15 is 0 Å². The summed E-state index contributed by atoms with van der Waals surface area (Å²) in [7, 11) is 0. The molecule has 2 nitrogen and oxygen atoms in total. The first-order chi connectivity index (χ1) is 9.08. The molecule has 0 atom stereocenters. The molecular weight excluding hydrogens is 234 g/mol. The summed E-state index contributed by atoms with van der Waals surface area (Å²) in [5.74, 6) is 1.66. The number of benzene rings is 1. The van der Waals surface area contributed by atoms with Gasteiger partial charge >= 0.3 is 0 Å². The minimum atomic E-state index is 0.222. The SMILES string of the molecule is CC(C)CNCCC=Cc1cccc(OC(C)C)c1. The van der Waals surface area contributed by atoms with Crippen LogP contribution in [-0.2, 0) is 0 Å². The van der Waals surface area contributed by atoms with E-state index in [1.165, 1.54) is 5.56 Å². The molecule has 1 aromatic rings. The van der Waals surface area contributed by atoms with Crippen molar-refractivity contribution in [1.29, 1.82) is 0 Å². The summed E-state index contributed by atoms with van der Waals surface area (Å²) >= 11 is 0. The highest BCUT2D eigenvalue weighted by atomic mass is 16.5. The minimum Gasteiger partial charge on any atom is -0.491 e. The molecule has 0 aromatic heterocycles. The van der Waals surface area contributed by atoms with Gasteiger partial charge in [-0.15, -0.1) is 0 Å². The molecule has 106 valence electrons. The fraction of sp³-hybridized carbons (Fsp3) is 0.529. The molecule has 0 spiro atoms. The lowest BCUT2D eigenvalue weighted by Gasteiger charge is -2.09. The fourth-order valence-corrected chi connectivity index (χ4v) is 1.76. The quantitative estimate of drug-likeness (QED) is 0.711. The topological polar surface area (TPSA) is 21.3 Å². The van der Waals surface area contributed by atoms with Crippen molar-refractivity contribution in [2.75, 3.05) is 13.1 Å². The molecular formula is C17H27NO. The fourth-order valence-electron chi connectivity index (χ4n) is 1.76. The third kappa shape index (κ3) is 7.68. The molecule has 0 aliphatic carbocycles. The van der Waals surface area contributed by atoms with Gasteiger partial charge in [0.2, 0.25) is 0 Å². The Hall–Kier alpha value is -1.28. The summed E-state index contributed by atoms with van der Waals surface area (Å²) in [4.78, 5) is 0. The van der Waals surface area contributed by atoms with E-state index in [0.29, 0.717) is 5.92 Å². The molecule has 0 unspecified atom stereocenters. The molecule has 0 saturated heterocycles. The number of ether oxygens (including phenoxy) is 1. The highest BCUT2D eigenvalue weighted by Crippen LogP contribution is 2.15. The van der Waals surface area contributed by atoms with Gasteiger partial charge in [-0.05, 0) is 57.0 Å². The van der Waals surface area contributed by atoms with Gasteiger partial charge in [0.05, 0.1) is 6.10 Å². The van der Waals surface area contributed by atoms with Crippen molar-refractivity contribution in [3.05, 3.63) is 35.9 Å². The van der Waals surface area contributed by atoms with Crippen molar-refractivity contribution in [2.24, 2.45) is 5.92 Å². The van der Waals surface area contributed by atoms with E-state index in [0.717, 1.165) is 25.3 Å². The molecule has 0 aliphatic rings. The second-order valence-corrected chi connectivity index (χ2v) is 5.53. The predicted octanol–water partition coefficient (Wildman–Crippen LogP) is 4.12. The lowest BCUT2D eigenvalue weighted by Crippen LogP contribution is -2.20. The number of hydrogen-bond acceptors (Lipinski definition) is 2. The van der Waals surface area contributed by atoms with E-state index in [4.69, 9.17) is 4.74 Å². The monoisotopic (exact) mass is 261 g/mol. The summed E-state index contributed by atoms with van der Waals surface area (Å²) in [5.41, 5.74) is 1.20. The smallest absolute Gasteiger partial charge is 0.120 e. The van der Waals surface area contributed by atoms with Crippen molar-refractivity contribution >= 4 is 6.08 Å². The standard InChI is InChI=1S/C17H27NO/c1-14(2)13-18-11-6-5-8-16-9-7-10-17(12-16)19-15(3)4/h5,7-10,12,14-15,18H,6,11,13H2,1-4H3. The van der Waals surface area contributed by atoms with Gasteiger partial charge in [0, 0.05) is 0 Å². The van der Waals surface area contributed by atoms with Gasteiger partial charge < -0.3 is 10.1 Å². The Morgan fingerprint density at radius 1 is 1.21 bits per heavy atom.